The molecule has 2 aromatic heterocycles. The Morgan fingerprint density at radius 3 is 2.83 bits per heavy atom. The molecule has 0 radical (unpaired) electrons. The van der Waals surface area contributed by atoms with Crippen LogP contribution in [0.15, 0.2) is 42.5 Å². The fourth-order valence-electron chi connectivity index (χ4n) is 3.92. The lowest BCUT2D eigenvalue weighted by Crippen LogP contribution is -2.24. The second kappa shape index (κ2) is 7.14. The number of aromatic hydroxyl groups is 1. The van der Waals surface area contributed by atoms with E-state index in [1.165, 1.54) is 11.3 Å². The summed E-state index contributed by atoms with van der Waals surface area (Å²) in [5.74, 6) is 1.47. The molecule has 3 heterocycles. The molecule has 2 aromatic carbocycles. The van der Waals surface area contributed by atoms with Crippen molar-refractivity contribution in [3.8, 4) is 16.6 Å². The molecule has 0 saturated carbocycles. The SMILES string of the molecule is CCOc1ccc2nc(-n3nc(C)c4c3NC(=O)CC4c3ccc(O)cc3)sc2c1. The van der Waals surface area contributed by atoms with E-state index in [2.05, 4.69) is 5.32 Å². The summed E-state index contributed by atoms with van der Waals surface area (Å²) < 4.78 is 8.31. The third-order valence-electron chi connectivity index (χ3n) is 5.24. The third-order valence-corrected chi connectivity index (χ3v) is 6.23. The number of hydrogen-bond donors (Lipinski definition) is 2. The number of aryl methyl sites for hydroxylation is 1. The number of hydrogen-bond acceptors (Lipinski definition) is 6. The van der Waals surface area contributed by atoms with E-state index in [4.69, 9.17) is 14.8 Å². The number of benzene rings is 2. The third kappa shape index (κ3) is 3.09. The van der Waals surface area contributed by atoms with Crippen molar-refractivity contribution >= 4 is 33.3 Å². The number of amides is 1. The van der Waals surface area contributed by atoms with Crippen molar-refractivity contribution in [1.82, 2.24) is 14.8 Å². The number of ether oxygens (including phenoxy) is 1. The van der Waals surface area contributed by atoms with E-state index < -0.39 is 0 Å². The Hall–Kier alpha value is -3.39. The van der Waals surface area contributed by atoms with Crippen LogP contribution in [0.25, 0.3) is 15.3 Å². The van der Waals surface area contributed by atoms with Gasteiger partial charge in [-0.2, -0.15) is 9.78 Å². The number of anilines is 1. The number of aromatic nitrogens is 3. The highest BCUT2D eigenvalue weighted by Crippen LogP contribution is 2.41. The highest BCUT2D eigenvalue weighted by Gasteiger charge is 2.33. The molecule has 152 valence electrons. The molecule has 0 fully saturated rings. The highest BCUT2D eigenvalue weighted by atomic mass is 32.1. The van der Waals surface area contributed by atoms with E-state index >= 15 is 0 Å². The van der Waals surface area contributed by atoms with Gasteiger partial charge in [0.05, 0.1) is 22.5 Å². The summed E-state index contributed by atoms with van der Waals surface area (Å²) in [6.45, 7) is 4.50. The second-order valence-corrected chi connectivity index (χ2v) is 8.22. The van der Waals surface area contributed by atoms with Crippen molar-refractivity contribution in [2.75, 3.05) is 11.9 Å². The molecule has 0 bridgehead atoms. The van der Waals surface area contributed by atoms with Crippen LogP contribution < -0.4 is 10.1 Å². The van der Waals surface area contributed by atoms with Gasteiger partial charge in [-0.15, -0.1) is 0 Å². The minimum atomic E-state index is -0.123. The number of nitrogens with zero attached hydrogens (tertiary/aromatic N) is 3. The predicted molar refractivity (Wildman–Crippen MR) is 116 cm³/mol. The minimum Gasteiger partial charge on any atom is -0.508 e. The van der Waals surface area contributed by atoms with Gasteiger partial charge in [-0.05, 0) is 49.7 Å². The number of phenolic OH excluding ortho intramolecular Hbond substituents is 1. The molecule has 2 N–H and O–H groups in total. The maximum atomic E-state index is 12.5. The van der Waals surface area contributed by atoms with Gasteiger partial charge in [0.1, 0.15) is 17.3 Å². The van der Waals surface area contributed by atoms with Gasteiger partial charge in [-0.25, -0.2) is 4.98 Å². The molecule has 0 spiro atoms. The van der Waals surface area contributed by atoms with E-state index in [-0.39, 0.29) is 17.6 Å². The van der Waals surface area contributed by atoms with Crippen molar-refractivity contribution in [2.45, 2.75) is 26.2 Å². The minimum absolute atomic E-state index is 0.0681. The quantitative estimate of drug-likeness (QED) is 0.512. The molecule has 7 nitrogen and oxygen atoms in total. The standard InChI is InChI=1S/C22H20N4O3S/c1-3-29-15-8-9-17-18(10-15)30-22(23-17)26-21-20(12(2)25-26)16(11-19(28)24-21)13-4-6-14(27)7-5-13/h4-10,16,27H,3,11H2,1-2H3,(H,24,28). The Bertz CT molecular complexity index is 1260. The van der Waals surface area contributed by atoms with Crippen molar-refractivity contribution < 1.29 is 14.6 Å². The molecule has 0 saturated heterocycles. The Morgan fingerprint density at radius 1 is 1.27 bits per heavy atom. The maximum absolute atomic E-state index is 12.5. The van der Waals surface area contributed by atoms with Crippen LogP contribution in [-0.4, -0.2) is 32.4 Å². The lowest BCUT2D eigenvalue weighted by atomic mass is 9.86. The Morgan fingerprint density at radius 2 is 2.07 bits per heavy atom. The van der Waals surface area contributed by atoms with E-state index in [9.17, 15) is 9.90 Å². The van der Waals surface area contributed by atoms with Crippen molar-refractivity contribution in [2.24, 2.45) is 0 Å². The lowest BCUT2D eigenvalue weighted by Gasteiger charge is -2.24. The Balaban J connectivity index is 1.61. The number of phenols is 1. The van der Waals surface area contributed by atoms with Gasteiger partial charge < -0.3 is 15.2 Å². The fraction of sp³-hybridized carbons (Fsp3) is 0.227. The van der Waals surface area contributed by atoms with Gasteiger partial charge in [0, 0.05) is 17.9 Å². The Kier molecular flexibility index (Phi) is 4.43. The highest BCUT2D eigenvalue weighted by molar-refractivity contribution is 7.20. The number of nitrogens with one attached hydrogen (secondary N) is 1. The zero-order valence-corrected chi connectivity index (χ0v) is 17.4. The summed E-state index contributed by atoms with van der Waals surface area (Å²) in [6, 6.07) is 12.8. The molecule has 0 aliphatic carbocycles. The summed E-state index contributed by atoms with van der Waals surface area (Å²) in [4.78, 5) is 17.2. The van der Waals surface area contributed by atoms with Crippen LogP contribution >= 0.6 is 11.3 Å². The van der Waals surface area contributed by atoms with Gasteiger partial charge >= 0.3 is 0 Å². The average Bonchev–Trinajstić information content (AvgIpc) is 3.29. The molecule has 1 atom stereocenters. The first-order chi connectivity index (χ1) is 14.5. The normalized spacial score (nSPS) is 15.8. The predicted octanol–water partition coefficient (Wildman–Crippen LogP) is 4.37. The van der Waals surface area contributed by atoms with E-state index in [1.807, 2.05) is 44.2 Å². The second-order valence-electron chi connectivity index (χ2n) is 7.21. The molecular formula is C22H20N4O3S. The number of rotatable bonds is 4. The zero-order valence-electron chi connectivity index (χ0n) is 16.5. The van der Waals surface area contributed by atoms with Crippen LogP contribution in [0.3, 0.4) is 0 Å². The van der Waals surface area contributed by atoms with E-state index in [0.29, 0.717) is 24.0 Å². The maximum Gasteiger partial charge on any atom is 0.226 e. The molecule has 1 unspecified atom stereocenters. The summed E-state index contributed by atoms with van der Waals surface area (Å²) >= 11 is 1.50. The van der Waals surface area contributed by atoms with Crippen molar-refractivity contribution in [3.63, 3.8) is 0 Å². The van der Waals surface area contributed by atoms with Crippen LogP contribution in [0, 0.1) is 6.92 Å². The molecule has 30 heavy (non-hydrogen) atoms. The summed E-state index contributed by atoms with van der Waals surface area (Å²) in [5.41, 5.74) is 3.65. The average molecular weight is 420 g/mol. The van der Waals surface area contributed by atoms with Crippen LogP contribution in [0.5, 0.6) is 11.5 Å². The first kappa shape index (κ1) is 18.6. The van der Waals surface area contributed by atoms with Gasteiger partial charge in [-0.1, -0.05) is 23.5 Å². The molecule has 1 aliphatic heterocycles. The number of thiazole rings is 1. The largest absolute Gasteiger partial charge is 0.508 e. The lowest BCUT2D eigenvalue weighted by molar-refractivity contribution is -0.116. The fourth-order valence-corrected chi connectivity index (χ4v) is 4.87. The molecular weight excluding hydrogens is 400 g/mol. The van der Waals surface area contributed by atoms with Gasteiger partial charge in [0.2, 0.25) is 11.0 Å². The molecule has 5 rings (SSSR count). The summed E-state index contributed by atoms with van der Waals surface area (Å²) in [7, 11) is 0. The van der Waals surface area contributed by atoms with E-state index in [0.717, 1.165) is 32.8 Å². The Labute approximate surface area is 176 Å². The molecule has 1 amide bonds. The van der Waals surface area contributed by atoms with Crippen LogP contribution in [-0.2, 0) is 4.79 Å². The topological polar surface area (TPSA) is 89.3 Å². The first-order valence-corrected chi connectivity index (χ1v) is 10.6. The van der Waals surface area contributed by atoms with Gasteiger partial charge in [-0.3, -0.25) is 4.79 Å². The molecule has 1 aliphatic rings. The summed E-state index contributed by atoms with van der Waals surface area (Å²) in [5, 5.41) is 18.0. The van der Waals surface area contributed by atoms with Crippen molar-refractivity contribution in [3.05, 3.63) is 59.3 Å². The summed E-state index contributed by atoms with van der Waals surface area (Å²) in [6.07, 6.45) is 0.335. The van der Waals surface area contributed by atoms with Crippen LogP contribution in [0.2, 0.25) is 0 Å². The zero-order chi connectivity index (χ0) is 20.8. The smallest absolute Gasteiger partial charge is 0.226 e. The van der Waals surface area contributed by atoms with Gasteiger partial charge in [0.25, 0.3) is 0 Å². The number of carbonyl (C=O) groups is 1. The van der Waals surface area contributed by atoms with E-state index in [1.54, 1.807) is 16.8 Å². The monoisotopic (exact) mass is 420 g/mol. The number of fused-ring (bicyclic) bond motifs is 2. The van der Waals surface area contributed by atoms with Crippen LogP contribution in [0.1, 0.15) is 36.1 Å². The first-order valence-electron chi connectivity index (χ1n) is 9.75. The van der Waals surface area contributed by atoms with Crippen molar-refractivity contribution in [1.29, 1.82) is 0 Å². The number of carbonyl (C=O) groups excluding carboxylic acids is 1. The molecule has 4 aromatic rings. The molecule has 8 heteroatoms. The van der Waals surface area contributed by atoms with Crippen LogP contribution in [0.4, 0.5) is 5.82 Å². The van der Waals surface area contributed by atoms with Gasteiger partial charge in [0.15, 0.2) is 0 Å².